The summed E-state index contributed by atoms with van der Waals surface area (Å²) in [5, 5.41) is 0. The second-order valence-electron chi connectivity index (χ2n) is 6.50. The molecule has 0 aliphatic heterocycles. The quantitative estimate of drug-likeness (QED) is 0.853. The maximum atomic E-state index is 12.7. The Hall–Kier alpha value is -2.16. The van der Waals surface area contributed by atoms with Gasteiger partial charge in [0.2, 0.25) is 0 Å². The molecular weight excluding hydrogens is 272 g/mol. The zero-order valence-electron chi connectivity index (χ0n) is 13.8. The monoisotopic (exact) mass is 296 g/mol. The highest BCUT2D eigenvalue weighted by atomic mass is 16.2. The maximum absolute atomic E-state index is 12.7. The average molecular weight is 296 g/mol. The number of benzene rings is 1. The molecule has 0 aliphatic carbocycles. The first kappa shape index (κ1) is 16.2. The van der Waals surface area contributed by atoms with Crippen molar-refractivity contribution in [2.45, 2.75) is 39.7 Å². The van der Waals surface area contributed by atoms with E-state index in [2.05, 4.69) is 25.8 Å². The first-order chi connectivity index (χ1) is 10.4. The Morgan fingerprint density at radius 1 is 1.05 bits per heavy atom. The Morgan fingerprint density at radius 3 is 2.14 bits per heavy atom. The van der Waals surface area contributed by atoms with Crippen LogP contribution in [0.2, 0.25) is 0 Å². The van der Waals surface area contributed by atoms with E-state index in [1.165, 1.54) is 5.56 Å². The predicted octanol–water partition coefficient (Wildman–Crippen LogP) is 4.04. The van der Waals surface area contributed by atoms with Gasteiger partial charge in [0.15, 0.2) is 0 Å². The number of nitrogens with zero attached hydrogens (tertiary/aromatic N) is 2. The smallest absolute Gasteiger partial charge is 0.254 e. The molecule has 0 atom stereocenters. The van der Waals surface area contributed by atoms with Gasteiger partial charge < -0.3 is 4.90 Å². The van der Waals surface area contributed by atoms with Gasteiger partial charge in [0, 0.05) is 31.0 Å². The highest BCUT2D eigenvalue weighted by Gasteiger charge is 2.17. The van der Waals surface area contributed by atoms with E-state index in [1.807, 2.05) is 48.2 Å². The fraction of sp³-hybridized carbons (Fsp3) is 0.368. The molecule has 0 unspecified atom stereocenters. The van der Waals surface area contributed by atoms with Crippen LogP contribution in [-0.4, -0.2) is 22.3 Å². The third-order valence-electron chi connectivity index (χ3n) is 3.79. The molecule has 0 aliphatic rings. The van der Waals surface area contributed by atoms with Crippen LogP contribution in [0.3, 0.4) is 0 Å². The van der Waals surface area contributed by atoms with Crippen molar-refractivity contribution in [1.29, 1.82) is 0 Å². The van der Waals surface area contributed by atoms with E-state index >= 15 is 0 Å². The fourth-order valence-corrected chi connectivity index (χ4v) is 2.33. The zero-order valence-corrected chi connectivity index (χ0v) is 13.8. The van der Waals surface area contributed by atoms with Crippen molar-refractivity contribution in [3.63, 3.8) is 0 Å². The minimum Gasteiger partial charge on any atom is -0.335 e. The lowest BCUT2D eigenvalue weighted by Gasteiger charge is -2.22. The van der Waals surface area contributed by atoms with Crippen LogP contribution in [0.4, 0.5) is 0 Å². The summed E-state index contributed by atoms with van der Waals surface area (Å²) in [4.78, 5) is 18.5. The van der Waals surface area contributed by atoms with Gasteiger partial charge >= 0.3 is 0 Å². The SMILES string of the molecule is CCN(Cc1ccncc1)C(=O)c1ccc(C(C)(C)C)cc1. The number of rotatable bonds is 4. The first-order valence-electron chi connectivity index (χ1n) is 7.70. The normalized spacial score (nSPS) is 11.3. The molecule has 1 amide bonds. The Labute approximate surface area is 133 Å². The molecule has 1 aromatic carbocycles. The van der Waals surface area contributed by atoms with Crippen molar-refractivity contribution in [2.24, 2.45) is 0 Å². The van der Waals surface area contributed by atoms with Crippen LogP contribution >= 0.6 is 0 Å². The van der Waals surface area contributed by atoms with Crippen LogP contribution in [0.25, 0.3) is 0 Å². The van der Waals surface area contributed by atoms with Gasteiger partial charge in [-0.05, 0) is 47.7 Å². The van der Waals surface area contributed by atoms with Crippen LogP contribution < -0.4 is 0 Å². The Bertz CT molecular complexity index is 612. The van der Waals surface area contributed by atoms with E-state index < -0.39 is 0 Å². The molecule has 3 heteroatoms. The highest BCUT2D eigenvalue weighted by molar-refractivity contribution is 5.94. The summed E-state index contributed by atoms with van der Waals surface area (Å²) < 4.78 is 0. The second-order valence-corrected chi connectivity index (χ2v) is 6.50. The van der Waals surface area contributed by atoms with Crippen molar-refractivity contribution in [3.8, 4) is 0 Å². The first-order valence-corrected chi connectivity index (χ1v) is 7.70. The molecule has 1 aromatic heterocycles. The van der Waals surface area contributed by atoms with Gasteiger partial charge in [-0.3, -0.25) is 9.78 Å². The van der Waals surface area contributed by atoms with Gasteiger partial charge in [0.25, 0.3) is 5.91 Å². The Balaban J connectivity index is 2.15. The fourth-order valence-electron chi connectivity index (χ4n) is 2.33. The largest absolute Gasteiger partial charge is 0.335 e. The van der Waals surface area contributed by atoms with E-state index in [0.717, 1.165) is 11.1 Å². The number of hydrogen-bond donors (Lipinski definition) is 0. The number of aromatic nitrogens is 1. The number of hydrogen-bond acceptors (Lipinski definition) is 2. The molecule has 1 heterocycles. The second kappa shape index (κ2) is 6.73. The maximum Gasteiger partial charge on any atom is 0.254 e. The highest BCUT2D eigenvalue weighted by Crippen LogP contribution is 2.22. The van der Waals surface area contributed by atoms with Gasteiger partial charge in [-0.25, -0.2) is 0 Å². The summed E-state index contributed by atoms with van der Waals surface area (Å²) in [5.41, 5.74) is 3.17. The van der Waals surface area contributed by atoms with Crippen molar-refractivity contribution in [2.75, 3.05) is 6.54 Å². The van der Waals surface area contributed by atoms with Crippen LogP contribution in [-0.2, 0) is 12.0 Å². The number of carbonyl (C=O) groups is 1. The predicted molar refractivity (Wildman–Crippen MR) is 89.8 cm³/mol. The standard InChI is InChI=1S/C19H24N2O/c1-5-21(14-15-10-12-20-13-11-15)18(22)16-6-8-17(9-7-16)19(2,3)4/h6-13H,5,14H2,1-4H3. The van der Waals surface area contributed by atoms with Gasteiger partial charge in [0.05, 0.1) is 0 Å². The molecule has 0 spiro atoms. The molecule has 0 saturated carbocycles. The minimum atomic E-state index is 0.0692. The summed E-state index contributed by atoms with van der Waals surface area (Å²) in [5.74, 6) is 0.0692. The van der Waals surface area contributed by atoms with Crippen molar-refractivity contribution in [1.82, 2.24) is 9.88 Å². The summed E-state index contributed by atoms with van der Waals surface area (Å²) in [6.45, 7) is 9.81. The van der Waals surface area contributed by atoms with E-state index in [9.17, 15) is 4.79 Å². The molecule has 0 radical (unpaired) electrons. The molecule has 0 fully saturated rings. The van der Waals surface area contributed by atoms with Crippen LogP contribution in [0.5, 0.6) is 0 Å². The topological polar surface area (TPSA) is 33.2 Å². The molecule has 3 nitrogen and oxygen atoms in total. The van der Waals surface area contributed by atoms with Crippen molar-refractivity contribution < 1.29 is 4.79 Å². The summed E-state index contributed by atoms with van der Waals surface area (Å²) in [7, 11) is 0. The van der Waals surface area contributed by atoms with Crippen LogP contribution in [0, 0.1) is 0 Å². The lowest BCUT2D eigenvalue weighted by Crippen LogP contribution is -2.30. The number of pyridine rings is 1. The van der Waals surface area contributed by atoms with E-state index in [0.29, 0.717) is 13.1 Å². The van der Waals surface area contributed by atoms with Gasteiger partial charge in [-0.15, -0.1) is 0 Å². The third-order valence-corrected chi connectivity index (χ3v) is 3.79. The average Bonchev–Trinajstić information content (AvgIpc) is 2.52. The number of carbonyl (C=O) groups excluding carboxylic acids is 1. The molecule has 0 N–H and O–H groups in total. The van der Waals surface area contributed by atoms with Gasteiger partial charge in [-0.2, -0.15) is 0 Å². The minimum absolute atomic E-state index is 0.0692. The zero-order chi connectivity index (χ0) is 16.2. The van der Waals surface area contributed by atoms with E-state index in [1.54, 1.807) is 12.4 Å². The molecule has 2 rings (SSSR count). The molecule has 116 valence electrons. The van der Waals surface area contributed by atoms with E-state index in [4.69, 9.17) is 0 Å². The van der Waals surface area contributed by atoms with Gasteiger partial charge in [0.1, 0.15) is 0 Å². The third kappa shape index (κ3) is 3.94. The van der Waals surface area contributed by atoms with Crippen LogP contribution in [0.15, 0.2) is 48.8 Å². The summed E-state index contributed by atoms with van der Waals surface area (Å²) >= 11 is 0. The van der Waals surface area contributed by atoms with Gasteiger partial charge in [-0.1, -0.05) is 32.9 Å². The van der Waals surface area contributed by atoms with Crippen LogP contribution in [0.1, 0.15) is 49.2 Å². The Kier molecular flexibility index (Phi) is 4.96. The van der Waals surface area contributed by atoms with E-state index in [-0.39, 0.29) is 11.3 Å². The molecular formula is C19H24N2O. The summed E-state index contributed by atoms with van der Waals surface area (Å²) in [6, 6.07) is 11.8. The van der Waals surface area contributed by atoms with Crippen molar-refractivity contribution >= 4 is 5.91 Å². The molecule has 0 bridgehead atoms. The molecule has 22 heavy (non-hydrogen) atoms. The lowest BCUT2D eigenvalue weighted by molar-refractivity contribution is 0.0752. The molecule has 2 aromatic rings. The summed E-state index contributed by atoms with van der Waals surface area (Å²) in [6.07, 6.45) is 3.51. The number of amides is 1. The Morgan fingerprint density at radius 2 is 1.64 bits per heavy atom. The lowest BCUT2D eigenvalue weighted by atomic mass is 9.86. The van der Waals surface area contributed by atoms with Crippen molar-refractivity contribution in [3.05, 3.63) is 65.5 Å². The molecule has 0 saturated heterocycles.